The number of hydrazine groups is 1. The molecule has 6 nitrogen and oxygen atoms in total. The zero-order valence-corrected chi connectivity index (χ0v) is 19.5. The minimum absolute atomic E-state index is 0.115. The van der Waals surface area contributed by atoms with E-state index >= 15 is 0 Å². The Morgan fingerprint density at radius 1 is 1.09 bits per heavy atom. The molecule has 2 heterocycles. The van der Waals surface area contributed by atoms with Gasteiger partial charge in [-0.3, -0.25) is 15.2 Å². The number of carbonyl (C=O) groups is 1. The van der Waals surface area contributed by atoms with Crippen molar-refractivity contribution in [3.8, 4) is 5.75 Å². The summed E-state index contributed by atoms with van der Waals surface area (Å²) in [6.45, 7) is 6.40. The van der Waals surface area contributed by atoms with E-state index < -0.39 is 0 Å². The van der Waals surface area contributed by atoms with Gasteiger partial charge in [0.2, 0.25) is 0 Å². The molecule has 0 unspecified atom stereocenters. The van der Waals surface area contributed by atoms with E-state index in [0.29, 0.717) is 17.3 Å². The molecule has 0 aliphatic carbocycles. The van der Waals surface area contributed by atoms with E-state index in [0.717, 1.165) is 42.9 Å². The van der Waals surface area contributed by atoms with Crippen molar-refractivity contribution in [1.82, 2.24) is 10.4 Å². The maximum atomic E-state index is 13.3. The molecule has 170 valence electrons. The fourth-order valence-corrected chi connectivity index (χ4v) is 4.69. The Morgan fingerprint density at radius 3 is 2.44 bits per heavy atom. The first-order chi connectivity index (χ1) is 15.6. The van der Waals surface area contributed by atoms with Crippen molar-refractivity contribution < 1.29 is 9.53 Å². The zero-order chi connectivity index (χ0) is 22.5. The first-order valence-corrected chi connectivity index (χ1v) is 11.9. The second-order valence-electron chi connectivity index (χ2n) is 8.36. The number of nitrogens with zero attached hydrogens (tertiary/aromatic N) is 3. The van der Waals surface area contributed by atoms with Gasteiger partial charge in [-0.2, -0.15) is 5.10 Å². The van der Waals surface area contributed by atoms with E-state index in [1.54, 1.807) is 0 Å². The summed E-state index contributed by atoms with van der Waals surface area (Å²) in [6, 6.07) is 15.5. The van der Waals surface area contributed by atoms with Crippen molar-refractivity contribution in [2.45, 2.75) is 45.6 Å². The maximum absolute atomic E-state index is 13.3. The fourth-order valence-electron chi connectivity index (χ4n) is 4.47. The Hall–Kier alpha value is -2.57. The molecule has 2 aromatic rings. The number of para-hydroxylation sites is 1. The van der Waals surface area contributed by atoms with Crippen LogP contribution in [0.5, 0.6) is 5.75 Å². The van der Waals surface area contributed by atoms with Gasteiger partial charge in [-0.25, -0.2) is 5.01 Å². The van der Waals surface area contributed by atoms with Crippen molar-refractivity contribution in [3.05, 3.63) is 59.1 Å². The van der Waals surface area contributed by atoms with Crippen LogP contribution in [0.25, 0.3) is 0 Å². The summed E-state index contributed by atoms with van der Waals surface area (Å²) in [5.74, 6) is 0.576. The lowest BCUT2D eigenvalue weighted by Gasteiger charge is -2.27. The highest BCUT2D eigenvalue weighted by Crippen LogP contribution is 2.42. The third kappa shape index (κ3) is 4.92. The monoisotopic (exact) mass is 454 g/mol. The molecular weight excluding hydrogens is 424 g/mol. The van der Waals surface area contributed by atoms with Gasteiger partial charge in [0.25, 0.3) is 5.91 Å². The molecule has 2 aliphatic rings. The number of benzene rings is 2. The molecule has 1 amide bonds. The number of carbonyl (C=O) groups excluding carboxylic acids is 1. The van der Waals surface area contributed by atoms with Crippen LogP contribution in [-0.4, -0.2) is 36.3 Å². The number of hydrazone groups is 1. The molecular formula is C25H31ClN4O2. The van der Waals surface area contributed by atoms with Gasteiger partial charge in [0.15, 0.2) is 0 Å². The number of rotatable bonds is 6. The summed E-state index contributed by atoms with van der Waals surface area (Å²) in [5.41, 5.74) is 5.47. The van der Waals surface area contributed by atoms with Gasteiger partial charge in [0.05, 0.1) is 23.4 Å². The average molecular weight is 455 g/mol. The minimum Gasteiger partial charge on any atom is -0.494 e. The zero-order valence-electron chi connectivity index (χ0n) is 18.8. The van der Waals surface area contributed by atoms with Crippen LogP contribution in [0.2, 0.25) is 5.02 Å². The van der Waals surface area contributed by atoms with Gasteiger partial charge in [0, 0.05) is 19.0 Å². The van der Waals surface area contributed by atoms with E-state index in [1.165, 1.54) is 12.8 Å². The third-order valence-electron chi connectivity index (χ3n) is 6.11. The number of ether oxygens (including phenoxy) is 1. The number of hydrogen-bond donors (Lipinski definition) is 1. The molecule has 2 aliphatic heterocycles. The van der Waals surface area contributed by atoms with E-state index in [-0.39, 0.29) is 17.9 Å². The molecule has 1 N–H and O–H groups in total. The van der Waals surface area contributed by atoms with Crippen LogP contribution in [0.15, 0.2) is 53.6 Å². The normalized spacial score (nSPS) is 21.7. The van der Waals surface area contributed by atoms with Gasteiger partial charge in [-0.15, -0.1) is 0 Å². The molecule has 0 aromatic heterocycles. The van der Waals surface area contributed by atoms with Gasteiger partial charge >= 0.3 is 0 Å². The summed E-state index contributed by atoms with van der Waals surface area (Å²) >= 11 is 6.53. The summed E-state index contributed by atoms with van der Waals surface area (Å²) < 4.78 is 5.60. The van der Waals surface area contributed by atoms with Crippen molar-refractivity contribution in [2.75, 3.05) is 24.7 Å². The standard InChI is InChI=1S/C25H31ClN4O2/c1-3-32-20-14-12-19(13-15-20)24-18(2)23(25(31)28-29-16-8-4-5-9-17-29)27-30(24)22-11-7-6-10-21(22)26/h6-7,10-15,18,24H,3-5,8-9,16-17H2,1-2H3,(H,28,31)/t18-,24-/m0/s1. The second-order valence-corrected chi connectivity index (χ2v) is 8.77. The lowest BCUT2D eigenvalue weighted by atomic mass is 9.91. The first-order valence-electron chi connectivity index (χ1n) is 11.5. The van der Waals surface area contributed by atoms with E-state index in [1.807, 2.05) is 65.5 Å². The van der Waals surface area contributed by atoms with E-state index in [4.69, 9.17) is 21.4 Å². The van der Waals surface area contributed by atoms with Gasteiger partial charge in [-0.05, 0) is 49.6 Å². The smallest absolute Gasteiger partial charge is 0.282 e. The van der Waals surface area contributed by atoms with Crippen LogP contribution in [0.1, 0.15) is 51.1 Å². The number of amides is 1. The van der Waals surface area contributed by atoms with Crippen LogP contribution in [0.3, 0.4) is 0 Å². The van der Waals surface area contributed by atoms with Gasteiger partial charge in [0.1, 0.15) is 11.5 Å². The minimum atomic E-state index is -0.143. The topological polar surface area (TPSA) is 57.2 Å². The van der Waals surface area contributed by atoms with Crippen LogP contribution < -0.4 is 15.2 Å². The Bertz CT molecular complexity index is 955. The number of nitrogens with one attached hydrogen (secondary N) is 1. The summed E-state index contributed by atoms with van der Waals surface area (Å²) in [5, 5.41) is 9.33. The first kappa shape index (κ1) is 22.6. The van der Waals surface area contributed by atoms with Crippen LogP contribution in [-0.2, 0) is 4.79 Å². The fraction of sp³-hybridized carbons (Fsp3) is 0.440. The molecule has 0 saturated carbocycles. The van der Waals surface area contributed by atoms with Crippen LogP contribution in [0.4, 0.5) is 5.69 Å². The Morgan fingerprint density at radius 2 is 1.78 bits per heavy atom. The summed E-state index contributed by atoms with van der Waals surface area (Å²) in [4.78, 5) is 13.3. The number of halogens is 1. The van der Waals surface area contributed by atoms with Crippen molar-refractivity contribution in [2.24, 2.45) is 11.0 Å². The molecule has 2 aromatic carbocycles. The van der Waals surface area contributed by atoms with Crippen molar-refractivity contribution in [1.29, 1.82) is 0 Å². The summed E-state index contributed by atoms with van der Waals surface area (Å²) in [7, 11) is 0. The lowest BCUT2D eigenvalue weighted by Crippen LogP contribution is -2.46. The molecule has 4 rings (SSSR count). The summed E-state index contributed by atoms with van der Waals surface area (Å²) in [6.07, 6.45) is 4.62. The second kappa shape index (κ2) is 10.4. The highest BCUT2D eigenvalue weighted by Gasteiger charge is 2.40. The molecule has 32 heavy (non-hydrogen) atoms. The lowest BCUT2D eigenvalue weighted by molar-refractivity contribution is -0.119. The molecule has 7 heteroatoms. The Balaban J connectivity index is 1.63. The quantitative estimate of drug-likeness (QED) is 0.651. The SMILES string of the molecule is CCOc1ccc([C@@H]2[C@@H](C)C(C(=O)NN3CCCCCC3)=NN2c2ccccc2Cl)cc1. The van der Waals surface area contributed by atoms with E-state index in [2.05, 4.69) is 12.3 Å². The third-order valence-corrected chi connectivity index (χ3v) is 6.43. The number of anilines is 1. The molecule has 0 spiro atoms. The molecule has 0 radical (unpaired) electrons. The number of hydrogen-bond acceptors (Lipinski definition) is 5. The highest BCUT2D eigenvalue weighted by molar-refractivity contribution is 6.40. The van der Waals surface area contributed by atoms with Crippen molar-refractivity contribution in [3.63, 3.8) is 0 Å². The Kier molecular flexibility index (Phi) is 7.33. The van der Waals surface area contributed by atoms with Gasteiger partial charge < -0.3 is 4.74 Å². The maximum Gasteiger partial charge on any atom is 0.282 e. The van der Waals surface area contributed by atoms with Gasteiger partial charge in [-0.1, -0.05) is 55.6 Å². The molecule has 1 saturated heterocycles. The predicted molar refractivity (Wildman–Crippen MR) is 129 cm³/mol. The average Bonchev–Trinajstić information content (AvgIpc) is 2.95. The van der Waals surface area contributed by atoms with Crippen LogP contribution in [0, 0.1) is 5.92 Å². The van der Waals surface area contributed by atoms with E-state index in [9.17, 15) is 4.79 Å². The molecule has 0 bridgehead atoms. The highest BCUT2D eigenvalue weighted by atomic mass is 35.5. The Labute approximate surface area is 195 Å². The largest absolute Gasteiger partial charge is 0.494 e. The molecule has 2 atom stereocenters. The van der Waals surface area contributed by atoms with Crippen LogP contribution >= 0.6 is 11.6 Å². The molecule has 1 fully saturated rings. The van der Waals surface area contributed by atoms with Crippen molar-refractivity contribution >= 4 is 28.9 Å². The predicted octanol–water partition coefficient (Wildman–Crippen LogP) is 5.20.